The number of rotatable bonds is 21. The van der Waals surface area contributed by atoms with Gasteiger partial charge in [0.25, 0.3) is 0 Å². The summed E-state index contributed by atoms with van der Waals surface area (Å²) in [6, 6.07) is 7.20. The maximum atomic E-state index is 13.3. The third-order valence-corrected chi connectivity index (χ3v) is 15.3. The molecule has 26 heteroatoms. The van der Waals surface area contributed by atoms with Gasteiger partial charge in [0.1, 0.15) is 17.2 Å². The number of carboxylic acids is 1. The van der Waals surface area contributed by atoms with Crippen molar-refractivity contribution in [1.82, 2.24) is 20.2 Å². The number of amides is 3. The van der Waals surface area contributed by atoms with Crippen LogP contribution in [0.25, 0.3) is 20.9 Å². The molecule has 20 nitrogen and oxygen atoms in total. The van der Waals surface area contributed by atoms with E-state index < -0.39 is 73.2 Å². The first-order chi connectivity index (χ1) is 34.4. The zero-order valence-corrected chi connectivity index (χ0v) is 49.1. The lowest BCUT2D eigenvalue weighted by atomic mass is 10.1. The quantitative estimate of drug-likeness (QED) is 0.0385. The van der Waals surface area contributed by atoms with Gasteiger partial charge in [0.2, 0.25) is 11.8 Å². The molecular weight excluding hydrogens is 1100 g/mol. The minimum absolute atomic E-state index is 0.00665. The maximum absolute atomic E-state index is 13.3. The lowest BCUT2D eigenvalue weighted by Crippen LogP contribution is -2.52. The molecule has 0 spiro atoms. The molecule has 2 aromatic carbocycles. The van der Waals surface area contributed by atoms with Gasteiger partial charge in [-0.3, -0.25) is 19.3 Å². The van der Waals surface area contributed by atoms with Crippen LogP contribution in [0.4, 0.5) is 15.1 Å². The summed E-state index contributed by atoms with van der Waals surface area (Å²) >= 11 is 14.5. The van der Waals surface area contributed by atoms with E-state index in [1.807, 2.05) is 20.8 Å². The number of halogens is 2. The summed E-state index contributed by atoms with van der Waals surface area (Å²) in [7, 11) is -7.04. The van der Waals surface area contributed by atoms with Crippen molar-refractivity contribution in [3.63, 3.8) is 0 Å². The Morgan fingerprint density at radius 3 is 1.53 bits per heavy atom. The molecule has 0 bridgehead atoms. The number of carbonyl (C=O) groups is 5. The van der Waals surface area contributed by atoms with Gasteiger partial charge in [0, 0.05) is 31.9 Å². The largest absolute Gasteiger partial charge is 0.480 e. The van der Waals surface area contributed by atoms with Crippen molar-refractivity contribution in [3.8, 4) is 20.9 Å². The first-order valence-electron chi connectivity index (χ1n) is 23.4. The number of carboxylic acid groups (broad SMARTS) is 1. The van der Waals surface area contributed by atoms with Gasteiger partial charge in [-0.1, -0.05) is 58.0 Å². The van der Waals surface area contributed by atoms with Crippen molar-refractivity contribution in [2.45, 2.75) is 141 Å². The Labute approximate surface area is 457 Å². The number of sulfone groups is 2. The van der Waals surface area contributed by atoms with Crippen molar-refractivity contribution < 1.29 is 65.2 Å². The van der Waals surface area contributed by atoms with Gasteiger partial charge in [-0.15, -0.1) is 0 Å². The van der Waals surface area contributed by atoms with Crippen molar-refractivity contribution in [3.05, 3.63) is 57.8 Å². The number of carbonyl (C=O) groups excluding carboxylic acids is 4. The molecule has 2 atom stereocenters. The number of thiazole rings is 2. The third kappa shape index (κ3) is 21.6. The normalized spacial score (nSPS) is 13.0. The summed E-state index contributed by atoms with van der Waals surface area (Å²) in [4.78, 5) is 73.9. The summed E-state index contributed by atoms with van der Waals surface area (Å²) in [6.45, 7) is 19.0. The third-order valence-electron chi connectivity index (χ3n) is 9.88. The number of aliphatic carboxylic acids is 1. The number of hydrogen-bond acceptors (Lipinski definition) is 18. The molecule has 0 unspecified atom stereocenters. The number of aromatic nitrogens is 2. The number of hydrogen-bond donors (Lipinski definition) is 5. The monoisotopic (exact) mass is 1160 g/mol. The number of aliphatic hydroxyl groups is 1. The number of ether oxygens (including phenoxy) is 3. The Morgan fingerprint density at radius 2 is 1.15 bits per heavy atom. The Bertz CT molecular complexity index is 2910. The number of nitrogens with one attached hydrogen (secondary N) is 3. The summed E-state index contributed by atoms with van der Waals surface area (Å²) in [6.07, 6.45) is 2.16. The molecule has 5 N–H and O–H groups in total. The van der Waals surface area contributed by atoms with Gasteiger partial charge in [-0.25, -0.2) is 36.4 Å². The molecule has 4 rings (SSSR count). The maximum Gasteiger partial charge on any atom is 0.411 e. The second-order valence-electron chi connectivity index (χ2n) is 20.2. The molecule has 0 radical (unpaired) electrons. The predicted octanol–water partition coefficient (Wildman–Crippen LogP) is 8.59. The molecule has 2 heterocycles. The second kappa shape index (κ2) is 27.0. The smallest absolute Gasteiger partial charge is 0.411 e. The molecule has 75 heavy (non-hydrogen) atoms. The van der Waals surface area contributed by atoms with Crippen LogP contribution in [0.3, 0.4) is 0 Å². The van der Waals surface area contributed by atoms with E-state index in [0.717, 1.165) is 12.5 Å². The van der Waals surface area contributed by atoms with Gasteiger partial charge in [-0.2, -0.15) is 0 Å². The predicted molar refractivity (Wildman–Crippen MR) is 291 cm³/mol. The van der Waals surface area contributed by atoms with Gasteiger partial charge < -0.3 is 40.4 Å². The van der Waals surface area contributed by atoms with Crippen molar-refractivity contribution in [1.29, 1.82) is 0 Å². The van der Waals surface area contributed by atoms with Crippen LogP contribution in [-0.4, -0.2) is 139 Å². The van der Waals surface area contributed by atoms with Gasteiger partial charge in [0.15, 0.2) is 36.0 Å². The van der Waals surface area contributed by atoms with E-state index in [4.69, 9.17) is 47.6 Å². The molecule has 2 aromatic heterocycles. The summed E-state index contributed by atoms with van der Waals surface area (Å²) in [5.74, 6) is -2.45. The number of benzene rings is 2. The van der Waals surface area contributed by atoms with E-state index in [9.17, 15) is 40.8 Å². The van der Waals surface area contributed by atoms with Crippen LogP contribution in [0.15, 0.2) is 46.2 Å². The zero-order valence-electron chi connectivity index (χ0n) is 44.3. The molecule has 0 saturated carbocycles. The number of anilines is 2. The highest BCUT2D eigenvalue weighted by Gasteiger charge is 2.37. The van der Waals surface area contributed by atoms with Crippen LogP contribution in [-0.2, 0) is 53.1 Å². The lowest BCUT2D eigenvalue weighted by molar-refractivity contribution is -0.165. The fourth-order valence-electron chi connectivity index (χ4n) is 6.50. The van der Waals surface area contributed by atoms with Crippen LogP contribution in [0, 0.1) is 13.8 Å². The Balaban J connectivity index is 0.000000428. The standard InChI is InChI=1S/C31H46ClN3O8S2.C18H22ClN3O6S2/c1-19-25(20-14-15-21(32)23(17-20)45(11,39)40)44-27(33-19)34-24(36)13-12-16-35(28(38)43-31(8,9)10)22(18-41-29(2,3)4)26(37)42-30(5,6)7;1-10-16(11-5-6-12(19)14(8-11)30(2,27)28)29-18(21-10)22-15(24)4-3-7-20-13(9-23)17(25)26/h14-15,17,22H,12-13,16,18H2,1-11H3,(H,33,34,36);5-6,8,13,20,23H,3-4,7,9H2,1-2H3,(H,25,26)(H,21,22,24)/t22-;13-/m00/s1. The van der Waals surface area contributed by atoms with Gasteiger partial charge in [-0.05, 0) is 131 Å². The topological polar surface area (TPSA) is 287 Å². The van der Waals surface area contributed by atoms with Crippen molar-refractivity contribution in [2.75, 3.05) is 49.4 Å². The van der Waals surface area contributed by atoms with Crippen LogP contribution >= 0.6 is 45.9 Å². The molecule has 3 amide bonds. The second-order valence-corrected chi connectivity index (χ2v) is 27.0. The zero-order chi connectivity index (χ0) is 57.0. The van der Waals surface area contributed by atoms with E-state index >= 15 is 0 Å². The highest BCUT2D eigenvalue weighted by atomic mass is 35.5. The van der Waals surface area contributed by atoms with Crippen molar-refractivity contribution >= 4 is 106 Å². The minimum atomic E-state index is -3.55. The molecule has 0 fully saturated rings. The van der Waals surface area contributed by atoms with E-state index in [1.165, 1.54) is 51.8 Å². The first-order valence-corrected chi connectivity index (χ1v) is 29.5. The highest BCUT2D eigenvalue weighted by Crippen LogP contribution is 2.37. The first kappa shape index (κ1) is 64.5. The molecule has 4 aromatic rings. The average Bonchev–Trinajstić information content (AvgIpc) is 3.80. The molecular formula is C49H68Cl2N6O14S4. The fourth-order valence-corrected chi connectivity index (χ4v) is 11.1. The Kier molecular flexibility index (Phi) is 23.2. The minimum Gasteiger partial charge on any atom is -0.480 e. The van der Waals surface area contributed by atoms with Crippen LogP contribution in [0.2, 0.25) is 10.0 Å². The van der Waals surface area contributed by atoms with Gasteiger partial charge in [0.05, 0.1) is 59.8 Å². The molecule has 416 valence electrons. The highest BCUT2D eigenvalue weighted by molar-refractivity contribution is 7.91. The van der Waals surface area contributed by atoms with E-state index in [1.54, 1.807) is 67.5 Å². The molecule has 0 saturated heterocycles. The van der Waals surface area contributed by atoms with Crippen LogP contribution in [0.1, 0.15) is 99.4 Å². The van der Waals surface area contributed by atoms with E-state index in [0.29, 0.717) is 49.0 Å². The number of aryl methyl sites for hydroxylation is 2. The summed E-state index contributed by atoms with van der Waals surface area (Å²) < 4.78 is 65.2. The lowest BCUT2D eigenvalue weighted by Gasteiger charge is -2.35. The van der Waals surface area contributed by atoms with E-state index in [2.05, 4.69) is 25.9 Å². The SMILES string of the molecule is Cc1nc(NC(=O)CCCN(C(=O)OC(C)(C)C)[C@@H](COC(C)(C)C)C(=O)OC(C)(C)C)sc1-c1ccc(Cl)c(S(C)(=O)=O)c1.Cc1nc(NC(=O)CCCN[C@@H](CO)C(=O)O)sc1-c1ccc(Cl)c(S(C)(=O)=O)c1. The Morgan fingerprint density at radius 1 is 0.707 bits per heavy atom. The van der Waals surface area contributed by atoms with Crippen LogP contribution in [0.5, 0.6) is 0 Å². The van der Waals surface area contributed by atoms with E-state index in [-0.39, 0.29) is 70.6 Å². The van der Waals surface area contributed by atoms with Gasteiger partial charge >= 0.3 is 18.0 Å². The van der Waals surface area contributed by atoms with Crippen molar-refractivity contribution in [2.24, 2.45) is 0 Å². The fraction of sp³-hybridized carbons (Fsp3) is 0.531. The molecule has 0 aliphatic heterocycles. The number of esters is 1. The number of nitrogens with zero attached hydrogens (tertiary/aromatic N) is 3. The Hall–Kier alpha value is -4.79. The average molecular weight is 1160 g/mol. The number of aliphatic hydroxyl groups excluding tert-OH is 1. The summed E-state index contributed by atoms with van der Waals surface area (Å²) in [5.41, 5.74) is 0.237. The molecule has 0 aliphatic carbocycles. The summed E-state index contributed by atoms with van der Waals surface area (Å²) in [5, 5.41) is 26.8. The van der Waals surface area contributed by atoms with Crippen LogP contribution < -0.4 is 16.0 Å². The molecule has 0 aliphatic rings.